The van der Waals surface area contributed by atoms with E-state index in [0.29, 0.717) is 12.0 Å². The van der Waals surface area contributed by atoms with Crippen LogP contribution < -0.4 is 5.32 Å². The molecule has 100 valence electrons. The minimum Gasteiger partial charge on any atom is -0.381 e. The van der Waals surface area contributed by atoms with Crippen molar-refractivity contribution in [2.75, 3.05) is 19.8 Å². The standard InChI is InChI=1S/C15H22BrNO/c1-2-9-17-15(12-7-10-18-11-8-12)13-5-3-4-6-14(13)16/h3-6,12,15,17H,2,7-11H2,1H3. The van der Waals surface area contributed by atoms with Gasteiger partial charge in [0.05, 0.1) is 0 Å². The molecule has 1 fully saturated rings. The minimum absolute atomic E-state index is 0.449. The highest BCUT2D eigenvalue weighted by atomic mass is 79.9. The zero-order valence-electron chi connectivity index (χ0n) is 11.0. The maximum Gasteiger partial charge on any atom is 0.0469 e. The van der Waals surface area contributed by atoms with E-state index in [1.54, 1.807) is 0 Å². The molecule has 1 unspecified atom stereocenters. The fraction of sp³-hybridized carbons (Fsp3) is 0.600. The van der Waals surface area contributed by atoms with Crippen molar-refractivity contribution in [2.24, 2.45) is 5.92 Å². The van der Waals surface area contributed by atoms with Gasteiger partial charge in [0, 0.05) is 23.7 Å². The third-order valence-corrected chi connectivity index (χ3v) is 4.31. The van der Waals surface area contributed by atoms with E-state index in [1.165, 1.54) is 16.5 Å². The van der Waals surface area contributed by atoms with Gasteiger partial charge >= 0.3 is 0 Å². The predicted octanol–water partition coefficient (Wildman–Crippen LogP) is 3.92. The van der Waals surface area contributed by atoms with E-state index >= 15 is 0 Å². The first kappa shape index (κ1) is 14.0. The van der Waals surface area contributed by atoms with Crippen LogP contribution >= 0.6 is 15.9 Å². The highest BCUT2D eigenvalue weighted by Gasteiger charge is 2.25. The molecule has 2 rings (SSSR count). The molecular formula is C15H22BrNO. The molecule has 1 aliphatic heterocycles. The van der Waals surface area contributed by atoms with Crippen LogP contribution in [0.25, 0.3) is 0 Å². The van der Waals surface area contributed by atoms with Crippen LogP contribution in [0.1, 0.15) is 37.8 Å². The van der Waals surface area contributed by atoms with Crippen LogP contribution in [0.2, 0.25) is 0 Å². The Morgan fingerprint density at radius 3 is 2.72 bits per heavy atom. The highest BCUT2D eigenvalue weighted by molar-refractivity contribution is 9.10. The summed E-state index contributed by atoms with van der Waals surface area (Å²) < 4.78 is 6.69. The van der Waals surface area contributed by atoms with E-state index in [9.17, 15) is 0 Å². The smallest absolute Gasteiger partial charge is 0.0469 e. The highest BCUT2D eigenvalue weighted by Crippen LogP contribution is 2.33. The van der Waals surface area contributed by atoms with Crippen molar-refractivity contribution in [3.8, 4) is 0 Å². The second-order valence-corrected chi connectivity index (χ2v) is 5.76. The fourth-order valence-electron chi connectivity index (χ4n) is 2.61. The molecule has 1 aliphatic rings. The first-order chi connectivity index (χ1) is 8.83. The van der Waals surface area contributed by atoms with E-state index in [0.717, 1.165) is 32.6 Å². The van der Waals surface area contributed by atoms with Gasteiger partial charge in [-0.1, -0.05) is 41.1 Å². The van der Waals surface area contributed by atoms with Gasteiger partial charge in [0.2, 0.25) is 0 Å². The minimum atomic E-state index is 0.449. The number of rotatable bonds is 5. The van der Waals surface area contributed by atoms with Gasteiger partial charge in [-0.3, -0.25) is 0 Å². The Morgan fingerprint density at radius 2 is 2.06 bits per heavy atom. The SMILES string of the molecule is CCCNC(c1ccccc1Br)C1CCOCC1. The van der Waals surface area contributed by atoms with Crippen molar-refractivity contribution < 1.29 is 4.74 Å². The second kappa shape index (κ2) is 7.27. The predicted molar refractivity (Wildman–Crippen MR) is 78.7 cm³/mol. The molecule has 1 N–H and O–H groups in total. The third-order valence-electron chi connectivity index (χ3n) is 3.59. The normalized spacial score (nSPS) is 18.8. The molecule has 1 heterocycles. The molecule has 0 aromatic heterocycles. The lowest BCUT2D eigenvalue weighted by Gasteiger charge is -2.32. The first-order valence-electron chi connectivity index (χ1n) is 6.88. The summed E-state index contributed by atoms with van der Waals surface area (Å²) in [5.41, 5.74) is 1.39. The van der Waals surface area contributed by atoms with Crippen LogP contribution in [0.3, 0.4) is 0 Å². The number of benzene rings is 1. The van der Waals surface area contributed by atoms with E-state index in [-0.39, 0.29) is 0 Å². The average molecular weight is 312 g/mol. The van der Waals surface area contributed by atoms with Gasteiger partial charge in [-0.05, 0) is 43.4 Å². The maximum absolute atomic E-state index is 5.48. The van der Waals surface area contributed by atoms with Crippen LogP contribution in [0.5, 0.6) is 0 Å². The van der Waals surface area contributed by atoms with Crippen molar-refractivity contribution in [3.63, 3.8) is 0 Å². The molecule has 1 saturated heterocycles. The Hall–Kier alpha value is -0.380. The van der Waals surface area contributed by atoms with Crippen molar-refractivity contribution >= 4 is 15.9 Å². The Labute approximate surface area is 118 Å². The van der Waals surface area contributed by atoms with Gasteiger partial charge < -0.3 is 10.1 Å². The largest absolute Gasteiger partial charge is 0.381 e. The molecule has 0 bridgehead atoms. The molecular weight excluding hydrogens is 290 g/mol. The zero-order chi connectivity index (χ0) is 12.8. The summed E-state index contributed by atoms with van der Waals surface area (Å²) >= 11 is 3.68. The molecule has 3 heteroatoms. The lowest BCUT2D eigenvalue weighted by Crippen LogP contribution is -2.32. The number of hydrogen-bond acceptors (Lipinski definition) is 2. The summed E-state index contributed by atoms with van der Waals surface area (Å²) in [5.74, 6) is 0.684. The molecule has 0 saturated carbocycles. The molecule has 1 aromatic carbocycles. The first-order valence-corrected chi connectivity index (χ1v) is 7.67. The van der Waals surface area contributed by atoms with Gasteiger partial charge in [-0.25, -0.2) is 0 Å². The van der Waals surface area contributed by atoms with Crippen LogP contribution in [0.4, 0.5) is 0 Å². The van der Waals surface area contributed by atoms with Crippen LogP contribution in [0, 0.1) is 5.92 Å². The molecule has 0 radical (unpaired) electrons. The Kier molecular flexibility index (Phi) is 5.67. The van der Waals surface area contributed by atoms with Gasteiger partial charge in [0.25, 0.3) is 0 Å². The summed E-state index contributed by atoms with van der Waals surface area (Å²) in [6.45, 7) is 5.09. The van der Waals surface area contributed by atoms with Gasteiger partial charge in [-0.15, -0.1) is 0 Å². The lowest BCUT2D eigenvalue weighted by molar-refractivity contribution is 0.0535. The van der Waals surface area contributed by atoms with Crippen LogP contribution in [-0.4, -0.2) is 19.8 Å². The van der Waals surface area contributed by atoms with E-state index in [2.05, 4.69) is 52.4 Å². The summed E-state index contributed by atoms with van der Waals surface area (Å²) in [7, 11) is 0. The molecule has 1 atom stereocenters. The Balaban J connectivity index is 2.15. The summed E-state index contributed by atoms with van der Waals surface area (Å²) in [4.78, 5) is 0. The van der Waals surface area contributed by atoms with Crippen LogP contribution in [-0.2, 0) is 4.74 Å². The summed E-state index contributed by atoms with van der Waals surface area (Å²) in [5, 5.41) is 3.71. The number of hydrogen-bond donors (Lipinski definition) is 1. The van der Waals surface area contributed by atoms with Crippen molar-refractivity contribution in [1.29, 1.82) is 0 Å². The van der Waals surface area contributed by atoms with Crippen molar-refractivity contribution in [3.05, 3.63) is 34.3 Å². The Bertz CT molecular complexity index is 363. The van der Waals surface area contributed by atoms with Gasteiger partial charge in [0.1, 0.15) is 0 Å². The van der Waals surface area contributed by atoms with Crippen molar-refractivity contribution in [1.82, 2.24) is 5.32 Å². The molecule has 0 amide bonds. The third kappa shape index (κ3) is 3.56. The molecule has 0 aliphatic carbocycles. The monoisotopic (exact) mass is 311 g/mol. The van der Waals surface area contributed by atoms with Gasteiger partial charge in [-0.2, -0.15) is 0 Å². The molecule has 1 aromatic rings. The lowest BCUT2D eigenvalue weighted by atomic mass is 9.87. The zero-order valence-corrected chi connectivity index (χ0v) is 12.6. The quantitative estimate of drug-likeness (QED) is 0.890. The molecule has 2 nitrogen and oxygen atoms in total. The van der Waals surface area contributed by atoms with Crippen LogP contribution in [0.15, 0.2) is 28.7 Å². The topological polar surface area (TPSA) is 21.3 Å². The number of halogens is 1. The van der Waals surface area contributed by atoms with Gasteiger partial charge in [0.15, 0.2) is 0 Å². The average Bonchev–Trinajstić information content (AvgIpc) is 2.42. The maximum atomic E-state index is 5.48. The summed E-state index contributed by atoms with van der Waals surface area (Å²) in [6.07, 6.45) is 3.48. The molecule has 0 spiro atoms. The van der Waals surface area contributed by atoms with E-state index in [4.69, 9.17) is 4.74 Å². The number of ether oxygens (including phenoxy) is 1. The van der Waals surface area contributed by atoms with E-state index < -0.39 is 0 Å². The van der Waals surface area contributed by atoms with Crippen molar-refractivity contribution in [2.45, 2.75) is 32.2 Å². The number of nitrogens with one attached hydrogen (secondary N) is 1. The molecule has 18 heavy (non-hydrogen) atoms. The fourth-order valence-corrected chi connectivity index (χ4v) is 3.14. The van der Waals surface area contributed by atoms with E-state index in [1.807, 2.05) is 0 Å². The Morgan fingerprint density at radius 1 is 1.33 bits per heavy atom. The second-order valence-electron chi connectivity index (χ2n) is 4.90. The summed E-state index contributed by atoms with van der Waals surface area (Å²) in [6, 6.07) is 9.01.